The van der Waals surface area contributed by atoms with Crippen LogP contribution in [0.5, 0.6) is 0 Å². The van der Waals surface area contributed by atoms with Crippen LogP contribution in [0.25, 0.3) is 0 Å². The first-order valence-electron chi connectivity index (χ1n) is 4.51. The van der Waals surface area contributed by atoms with Gasteiger partial charge in [-0.2, -0.15) is 43.9 Å². The Kier molecular flexibility index (Phi) is 8.02. The third-order valence-corrected chi connectivity index (χ3v) is 2.06. The third kappa shape index (κ3) is 7.01. The fourth-order valence-corrected chi connectivity index (χ4v) is 0.790. The minimum Gasteiger partial charge on any atom is -0.356 e. The second-order valence-electron chi connectivity index (χ2n) is 3.44. The van der Waals surface area contributed by atoms with E-state index in [0.717, 1.165) is 0 Å². The molecule has 0 spiro atoms. The van der Waals surface area contributed by atoms with Gasteiger partial charge in [0, 0.05) is 0 Å². The number of alkyl halides is 10. The minimum absolute atomic E-state index is 0. The molecule has 0 aromatic rings. The van der Waals surface area contributed by atoms with Gasteiger partial charge in [-0.3, -0.25) is 0 Å². The van der Waals surface area contributed by atoms with Crippen LogP contribution in [0.4, 0.5) is 43.9 Å². The largest absolute Gasteiger partial charge is 0.455 e. The third-order valence-electron chi connectivity index (χ3n) is 1.77. The maximum atomic E-state index is 12.4. The Morgan fingerprint density at radius 2 is 0.905 bits per heavy atom. The predicted molar refractivity (Wildman–Crippen MR) is 66.0 cm³/mol. The Balaban J connectivity index is 0. The van der Waals surface area contributed by atoms with Gasteiger partial charge in [-0.25, -0.2) is 0 Å². The summed E-state index contributed by atoms with van der Waals surface area (Å²) in [6.07, 6.45) is -11.8. The summed E-state index contributed by atoms with van der Waals surface area (Å²) in [6, 6.07) is 0. The summed E-state index contributed by atoms with van der Waals surface area (Å²) in [6.45, 7) is -4.19. The van der Waals surface area contributed by atoms with Gasteiger partial charge in [-0.15, -0.1) is 24.0 Å². The molecule has 0 aliphatic heterocycles. The van der Waals surface area contributed by atoms with Gasteiger partial charge in [0.15, 0.2) is 5.11 Å². The topological polar surface area (TPSA) is 24.1 Å². The SMILES string of the molecule is FC(F)(F)C(F)(F)CNC(=S)NCC(F)(F)C(F)(F)F.I. The Labute approximate surface area is 133 Å². The average molecular weight is 468 g/mol. The zero-order chi connectivity index (χ0) is 16.4. The monoisotopic (exact) mass is 468 g/mol. The maximum absolute atomic E-state index is 12.4. The molecule has 14 heteroatoms. The molecule has 0 aliphatic rings. The van der Waals surface area contributed by atoms with E-state index in [1.807, 2.05) is 0 Å². The Bertz CT molecular complexity index is 320. The molecule has 0 amide bonds. The number of rotatable bonds is 4. The number of halogens is 11. The van der Waals surface area contributed by atoms with E-state index in [9.17, 15) is 43.9 Å². The van der Waals surface area contributed by atoms with Crippen LogP contribution in [0, 0.1) is 0 Å². The molecule has 0 aliphatic carbocycles. The molecule has 0 atom stereocenters. The molecule has 2 N–H and O–H groups in total. The summed E-state index contributed by atoms with van der Waals surface area (Å²) in [7, 11) is 0. The number of thiocarbonyl (C=S) groups is 1. The first-order valence-corrected chi connectivity index (χ1v) is 4.92. The highest BCUT2D eigenvalue weighted by molar-refractivity contribution is 14.0. The lowest BCUT2D eigenvalue weighted by molar-refractivity contribution is -0.279. The van der Waals surface area contributed by atoms with E-state index < -0.39 is 42.4 Å². The summed E-state index contributed by atoms with van der Waals surface area (Å²) >= 11 is 4.01. The average Bonchev–Trinajstić information content (AvgIpc) is 2.20. The highest BCUT2D eigenvalue weighted by atomic mass is 127. The summed E-state index contributed by atoms with van der Waals surface area (Å²) in [4.78, 5) is 0. The number of nitrogens with one attached hydrogen (secondary N) is 2. The van der Waals surface area contributed by atoms with E-state index in [2.05, 4.69) is 12.2 Å². The lowest BCUT2D eigenvalue weighted by Gasteiger charge is -2.23. The molecule has 0 saturated heterocycles. The maximum Gasteiger partial charge on any atom is 0.455 e. The molecule has 0 saturated carbocycles. The molecule has 0 radical (unpaired) electrons. The number of hydrogen-bond donors (Lipinski definition) is 2. The smallest absolute Gasteiger partial charge is 0.356 e. The lowest BCUT2D eigenvalue weighted by Crippen LogP contribution is -2.52. The van der Waals surface area contributed by atoms with Gasteiger partial charge >= 0.3 is 24.2 Å². The quantitative estimate of drug-likeness (QED) is 0.376. The van der Waals surface area contributed by atoms with Gasteiger partial charge in [-0.05, 0) is 12.2 Å². The van der Waals surface area contributed by atoms with Crippen molar-refractivity contribution in [3.63, 3.8) is 0 Å². The Morgan fingerprint density at radius 1 is 0.667 bits per heavy atom. The van der Waals surface area contributed by atoms with Gasteiger partial charge < -0.3 is 10.6 Å². The highest BCUT2D eigenvalue weighted by Crippen LogP contribution is 2.35. The molecule has 0 bridgehead atoms. The van der Waals surface area contributed by atoms with Crippen molar-refractivity contribution in [2.45, 2.75) is 24.2 Å². The van der Waals surface area contributed by atoms with E-state index in [0.29, 0.717) is 0 Å². The summed E-state index contributed by atoms with van der Waals surface area (Å²) in [5, 5.41) is 1.21. The van der Waals surface area contributed by atoms with Crippen LogP contribution in [-0.4, -0.2) is 42.4 Å². The van der Waals surface area contributed by atoms with Crippen LogP contribution in [0.15, 0.2) is 0 Å². The molecule has 0 aromatic heterocycles. The molecule has 0 rings (SSSR count). The van der Waals surface area contributed by atoms with Crippen LogP contribution in [-0.2, 0) is 0 Å². The van der Waals surface area contributed by atoms with Crippen molar-refractivity contribution in [3.8, 4) is 0 Å². The second kappa shape index (κ2) is 7.32. The van der Waals surface area contributed by atoms with Gasteiger partial charge in [0.25, 0.3) is 0 Å². The lowest BCUT2D eigenvalue weighted by atomic mass is 10.3. The van der Waals surface area contributed by atoms with Crippen LogP contribution < -0.4 is 10.6 Å². The zero-order valence-corrected chi connectivity index (χ0v) is 12.7. The van der Waals surface area contributed by atoms with Crippen molar-refractivity contribution in [1.82, 2.24) is 10.6 Å². The van der Waals surface area contributed by atoms with Crippen LogP contribution >= 0.6 is 36.2 Å². The molecule has 21 heavy (non-hydrogen) atoms. The first-order chi connectivity index (χ1) is 8.60. The van der Waals surface area contributed by atoms with Gasteiger partial charge in [-0.1, -0.05) is 0 Å². The molecule has 128 valence electrons. The van der Waals surface area contributed by atoms with E-state index in [1.165, 1.54) is 10.6 Å². The van der Waals surface area contributed by atoms with Crippen molar-refractivity contribution in [1.29, 1.82) is 0 Å². The van der Waals surface area contributed by atoms with Gasteiger partial charge in [0.05, 0.1) is 13.1 Å². The van der Waals surface area contributed by atoms with E-state index >= 15 is 0 Å². The van der Waals surface area contributed by atoms with E-state index in [1.54, 1.807) is 0 Å². The second-order valence-corrected chi connectivity index (χ2v) is 3.85. The molecule has 0 unspecified atom stereocenters. The standard InChI is InChI=1S/C7H6F10N2S.HI/c8-4(9,6(12,13)14)1-18-3(20)19-2-5(10,11)7(15,16)17;/h1-2H2,(H2,18,19,20);1H. The van der Waals surface area contributed by atoms with Crippen molar-refractivity contribution in [3.05, 3.63) is 0 Å². The first kappa shape index (κ1) is 23.0. The van der Waals surface area contributed by atoms with Gasteiger partial charge in [0.1, 0.15) is 0 Å². The van der Waals surface area contributed by atoms with E-state index in [-0.39, 0.29) is 24.0 Å². The minimum atomic E-state index is -5.91. The fourth-order valence-electron chi connectivity index (χ4n) is 0.646. The summed E-state index contributed by atoms with van der Waals surface area (Å²) in [5.74, 6) is -10.4. The molecule has 0 aromatic carbocycles. The van der Waals surface area contributed by atoms with Gasteiger partial charge in [0.2, 0.25) is 0 Å². The molecule has 2 nitrogen and oxygen atoms in total. The van der Waals surface area contributed by atoms with Crippen LogP contribution in [0.1, 0.15) is 0 Å². The van der Waals surface area contributed by atoms with Crippen LogP contribution in [0.3, 0.4) is 0 Å². The van der Waals surface area contributed by atoms with Crippen molar-refractivity contribution in [2.75, 3.05) is 13.1 Å². The highest BCUT2D eigenvalue weighted by Gasteiger charge is 2.58. The van der Waals surface area contributed by atoms with E-state index in [4.69, 9.17) is 0 Å². The van der Waals surface area contributed by atoms with Crippen molar-refractivity contribution >= 4 is 41.3 Å². The summed E-state index contributed by atoms with van der Waals surface area (Å²) < 4.78 is 120. The molecular formula is C7H7F10IN2S. The normalized spacial score (nSPS) is 13.4. The molecular weight excluding hydrogens is 461 g/mol. The predicted octanol–water partition coefficient (Wildman–Crippen LogP) is 3.46. The number of hydrogen-bond acceptors (Lipinski definition) is 1. The summed E-state index contributed by atoms with van der Waals surface area (Å²) in [5.41, 5.74) is 0. The molecule has 0 fully saturated rings. The van der Waals surface area contributed by atoms with Crippen LogP contribution in [0.2, 0.25) is 0 Å². The zero-order valence-electron chi connectivity index (χ0n) is 9.51. The van der Waals surface area contributed by atoms with Crippen molar-refractivity contribution in [2.24, 2.45) is 0 Å². The Hall–Kier alpha value is -0.280. The fraction of sp³-hybridized carbons (Fsp3) is 0.857. The Morgan fingerprint density at radius 3 is 1.10 bits per heavy atom. The molecule has 0 heterocycles. The van der Waals surface area contributed by atoms with Crippen molar-refractivity contribution < 1.29 is 43.9 Å².